The Labute approximate surface area is 716 Å². The summed E-state index contributed by atoms with van der Waals surface area (Å²) in [5.74, 6) is 0.558. The maximum Gasteiger partial charge on any atom is 0.260 e. The maximum absolute atomic E-state index is 15.3. The Balaban J connectivity index is 2.02. The number of amides is 4. The van der Waals surface area contributed by atoms with Crippen molar-refractivity contribution in [3.05, 3.63) is 115 Å². The zero-order valence-electron chi connectivity index (χ0n) is 76.5. The van der Waals surface area contributed by atoms with Crippen LogP contribution in [0.1, 0.15) is 150 Å². The second-order valence-corrected chi connectivity index (χ2v) is 33.7. The summed E-state index contributed by atoms with van der Waals surface area (Å²) in [6.45, 7) is 33.9. The number of methoxy groups -OCH3 is 8. The zero-order chi connectivity index (χ0) is 87.9. The van der Waals surface area contributed by atoms with Gasteiger partial charge in [-0.05, 0) is 88.4 Å². The van der Waals surface area contributed by atoms with Crippen LogP contribution in [0.5, 0.6) is 23.0 Å². The van der Waals surface area contributed by atoms with Gasteiger partial charge in [-0.25, -0.2) is 0 Å². The van der Waals surface area contributed by atoms with E-state index >= 15 is 19.2 Å². The number of benzene rings is 4. The molecule has 1 aliphatic carbocycles. The van der Waals surface area contributed by atoms with Gasteiger partial charge in [0.2, 0.25) is 0 Å². The van der Waals surface area contributed by atoms with Crippen molar-refractivity contribution in [3.63, 3.8) is 0 Å². The molecular weight excluding hydrogens is 1550 g/mol. The first-order valence-electron chi connectivity index (χ1n) is 42.3. The van der Waals surface area contributed by atoms with Crippen LogP contribution in [-0.4, -0.2) is 337 Å². The largest absolute Gasteiger partial charge is 0.483 e. The fourth-order valence-corrected chi connectivity index (χ4v) is 13.1. The first-order valence-corrected chi connectivity index (χ1v) is 42.3. The minimum atomic E-state index is -0.485. The number of ether oxygens (including phenoxy) is 20. The maximum atomic E-state index is 15.3. The van der Waals surface area contributed by atoms with Gasteiger partial charge in [0, 0.05) is 135 Å². The molecular formula is C92H148N4O24. The standard InChI is InChI=1S/C92H148N4O24/c1-89(2,3)77-57-69-53-71-59-78(90(4,5)6)61-73(86(71)118-66-82(98)94(23-31-111-47-39-103-15)24-32-112-48-40-104-16)55-75-63-80(92(10,11)12)64-76(88(75)120-68-84(100)96(27-35-115-51-43-107-19)28-36-116-52-44-108-20)56-74-62-79(91(7,8)9)60-72(87(74)119-67-83(99)95(25-33-113-49-41-105-17)26-34-114-50-42-106-18)54-70(58-77)85(69)117-65-81(97)93(21-29-109-45-37-101-13)22-30-110-46-38-102-14/h57-64H,21-56,65-68H2,1-20H3. The number of hydrogen-bond acceptors (Lipinski definition) is 24. The second-order valence-electron chi connectivity index (χ2n) is 33.7. The van der Waals surface area contributed by atoms with Gasteiger partial charge in [0.1, 0.15) is 23.0 Å². The number of carbonyl (C=O) groups excluding carboxylic acids is 4. The van der Waals surface area contributed by atoms with E-state index in [9.17, 15) is 0 Å². The molecule has 680 valence electrons. The van der Waals surface area contributed by atoms with E-state index in [4.69, 9.17) is 94.7 Å². The Morgan fingerprint density at radius 3 is 0.475 bits per heavy atom. The number of hydrogen-bond donors (Lipinski definition) is 0. The summed E-state index contributed by atoms with van der Waals surface area (Å²) >= 11 is 0. The van der Waals surface area contributed by atoms with E-state index in [2.05, 4.69) is 132 Å². The van der Waals surface area contributed by atoms with E-state index in [1.807, 2.05) is 0 Å². The summed E-state index contributed by atoms with van der Waals surface area (Å²) in [5.41, 5.74) is 7.74. The molecule has 4 aromatic carbocycles. The SMILES string of the molecule is COCCOCCN(CCOCCOC)C(=O)COc1c2cc(C(C)(C)C)cc1Cc1cc(C(C)(C)C)cc(c1OCC(=O)N(CCOCCOC)CCOCCOC)Cc1cc(C(C)(C)C)cc(c1OCC(=O)N(CCOCCOC)CCOCCOC)Cc1cc(C(C)(C)C)cc(c1OCC(=O)N(CCOCCOC)CCOCCOC)C2. The summed E-state index contributed by atoms with van der Waals surface area (Å²) in [6, 6.07) is 17.3. The van der Waals surface area contributed by atoms with Crippen molar-refractivity contribution in [1.29, 1.82) is 0 Å². The van der Waals surface area contributed by atoms with E-state index in [0.29, 0.717) is 129 Å². The van der Waals surface area contributed by atoms with Crippen LogP contribution in [0.2, 0.25) is 0 Å². The van der Waals surface area contributed by atoms with Crippen molar-refractivity contribution in [2.75, 3.05) is 294 Å². The van der Waals surface area contributed by atoms with Gasteiger partial charge < -0.3 is 114 Å². The highest BCUT2D eigenvalue weighted by Crippen LogP contribution is 2.45. The first-order chi connectivity index (χ1) is 57.5. The molecule has 5 rings (SSSR count). The van der Waals surface area contributed by atoms with Crippen LogP contribution in [-0.2, 0) is 142 Å². The molecule has 0 radical (unpaired) electrons. The molecule has 0 saturated heterocycles. The molecule has 4 aromatic rings. The van der Waals surface area contributed by atoms with E-state index in [0.717, 1.165) is 66.8 Å². The van der Waals surface area contributed by atoms with Gasteiger partial charge in [-0.2, -0.15) is 0 Å². The molecule has 4 amide bonds. The molecule has 0 saturated carbocycles. The van der Waals surface area contributed by atoms with Crippen molar-refractivity contribution in [3.8, 4) is 23.0 Å². The third-order valence-electron chi connectivity index (χ3n) is 20.2. The Bertz CT molecular complexity index is 2990. The Kier molecular flexibility index (Phi) is 48.7. The molecule has 120 heavy (non-hydrogen) atoms. The Hall–Kier alpha value is -6.68. The van der Waals surface area contributed by atoms with Crippen LogP contribution < -0.4 is 18.9 Å². The predicted octanol–water partition coefficient (Wildman–Crippen LogP) is 9.69. The van der Waals surface area contributed by atoms with Gasteiger partial charge in [-0.15, -0.1) is 0 Å². The molecule has 0 N–H and O–H groups in total. The average Bonchev–Trinajstić information content (AvgIpc) is 0.752. The summed E-state index contributed by atoms with van der Waals surface area (Å²) < 4.78 is 119. The van der Waals surface area contributed by atoms with Gasteiger partial charge >= 0.3 is 0 Å². The zero-order valence-corrected chi connectivity index (χ0v) is 76.5. The lowest BCUT2D eigenvalue weighted by atomic mass is 9.79. The highest BCUT2D eigenvalue weighted by molar-refractivity contribution is 5.80. The van der Waals surface area contributed by atoms with Gasteiger partial charge in [0.05, 0.1) is 159 Å². The van der Waals surface area contributed by atoms with Crippen LogP contribution in [0.25, 0.3) is 0 Å². The third kappa shape index (κ3) is 37.8. The lowest BCUT2D eigenvalue weighted by Crippen LogP contribution is -2.40. The van der Waals surface area contributed by atoms with Gasteiger partial charge in [-0.3, -0.25) is 19.2 Å². The summed E-state index contributed by atoms with van der Waals surface area (Å²) in [5, 5.41) is 0. The van der Waals surface area contributed by atoms with E-state index in [1.54, 1.807) is 76.5 Å². The highest BCUT2D eigenvalue weighted by Gasteiger charge is 2.33. The van der Waals surface area contributed by atoms with Crippen LogP contribution in [0.15, 0.2) is 48.5 Å². The second kappa shape index (κ2) is 56.2. The molecule has 1 aliphatic rings. The molecule has 0 atom stereocenters. The van der Waals surface area contributed by atoms with Crippen molar-refractivity contribution >= 4 is 23.6 Å². The molecule has 0 aliphatic heterocycles. The van der Waals surface area contributed by atoms with Crippen LogP contribution >= 0.6 is 0 Å². The lowest BCUT2D eigenvalue weighted by molar-refractivity contribution is -0.135. The highest BCUT2D eigenvalue weighted by atomic mass is 16.6. The molecule has 0 unspecified atom stereocenters. The minimum absolute atomic E-state index is 0.159. The number of nitrogens with zero attached hydrogens (tertiary/aromatic N) is 4. The van der Waals surface area contributed by atoms with Gasteiger partial charge in [0.15, 0.2) is 26.4 Å². The average molecular weight is 1690 g/mol. The normalized spacial score (nSPS) is 12.6. The number of rotatable bonds is 60. The molecule has 28 nitrogen and oxygen atoms in total. The van der Waals surface area contributed by atoms with E-state index in [-0.39, 0.29) is 181 Å². The molecule has 8 bridgehead atoms. The van der Waals surface area contributed by atoms with Crippen molar-refractivity contribution in [2.24, 2.45) is 0 Å². The fourth-order valence-electron chi connectivity index (χ4n) is 13.1. The minimum Gasteiger partial charge on any atom is -0.483 e. The van der Waals surface area contributed by atoms with Gasteiger partial charge in [-0.1, -0.05) is 132 Å². The van der Waals surface area contributed by atoms with Crippen molar-refractivity contribution in [2.45, 2.75) is 130 Å². The van der Waals surface area contributed by atoms with Gasteiger partial charge in [0.25, 0.3) is 23.6 Å². The smallest absolute Gasteiger partial charge is 0.260 e. The summed E-state index contributed by atoms with van der Waals surface area (Å²) in [6.07, 6.45) is 0.636. The molecule has 0 spiro atoms. The fraction of sp³-hybridized carbons (Fsp3) is 0.696. The molecule has 28 heteroatoms. The van der Waals surface area contributed by atoms with Crippen molar-refractivity contribution < 1.29 is 114 Å². The van der Waals surface area contributed by atoms with Crippen LogP contribution in [0.3, 0.4) is 0 Å². The third-order valence-corrected chi connectivity index (χ3v) is 20.2. The Morgan fingerprint density at radius 1 is 0.225 bits per heavy atom. The molecule has 0 heterocycles. The first kappa shape index (κ1) is 104. The summed E-state index contributed by atoms with van der Waals surface area (Å²) in [7, 11) is 12.9. The van der Waals surface area contributed by atoms with Crippen LogP contribution in [0.4, 0.5) is 0 Å². The predicted molar refractivity (Wildman–Crippen MR) is 462 cm³/mol. The van der Waals surface area contributed by atoms with Crippen molar-refractivity contribution in [1.82, 2.24) is 19.6 Å². The Morgan fingerprint density at radius 2 is 0.358 bits per heavy atom. The monoisotopic (exact) mass is 1690 g/mol. The van der Waals surface area contributed by atoms with Crippen LogP contribution in [0, 0.1) is 0 Å². The number of fused-ring (bicyclic) bond motifs is 8. The quantitative estimate of drug-likeness (QED) is 0.0328. The van der Waals surface area contributed by atoms with E-state index in [1.165, 1.54) is 0 Å². The number of carbonyl (C=O) groups is 4. The van der Waals surface area contributed by atoms with E-state index < -0.39 is 21.7 Å². The molecule has 0 aromatic heterocycles. The molecule has 0 fully saturated rings. The summed E-state index contributed by atoms with van der Waals surface area (Å²) in [4.78, 5) is 67.9. The lowest BCUT2D eigenvalue weighted by Gasteiger charge is -2.30. The topological polar surface area (TPSA) is 266 Å².